The van der Waals surface area contributed by atoms with E-state index in [4.69, 9.17) is 5.73 Å². The van der Waals surface area contributed by atoms with Gasteiger partial charge < -0.3 is 20.7 Å². The third kappa shape index (κ3) is 2.39. The van der Waals surface area contributed by atoms with Crippen molar-refractivity contribution in [1.82, 2.24) is 0 Å². The molecule has 0 saturated heterocycles. The van der Waals surface area contributed by atoms with Crippen LogP contribution in [0.15, 0.2) is 36.4 Å². The second-order valence-corrected chi connectivity index (χ2v) is 3.97. The van der Waals surface area contributed by atoms with Gasteiger partial charge in [-0.1, -0.05) is 12.1 Å². The van der Waals surface area contributed by atoms with Crippen molar-refractivity contribution in [2.45, 2.75) is 0 Å². The number of hydrogen-bond donors (Lipinski definition) is 3. The number of ketones is 1. The lowest BCUT2D eigenvalue weighted by molar-refractivity contribution is -0.120. The first-order valence-electron chi connectivity index (χ1n) is 5.60. The minimum Gasteiger partial charge on any atom is -0.507 e. The monoisotopic (exact) mass is 273 g/mol. The second-order valence-electron chi connectivity index (χ2n) is 3.97. The lowest BCUT2D eigenvalue weighted by Crippen LogP contribution is -2.06. The first-order chi connectivity index (χ1) is 9.54. The molecule has 0 bridgehead atoms. The highest BCUT2D eigenvalue weighted by Gasteiger charge is 2.19. The number of nitrogen functional groups attached to an aromatic ring is 1. The van der Waals surface area contributed by atoms with Crippen LogP contribution in [-0.4, -0.2) is 22.5 Å². The summed E-state index contributed by atoms with van der Waals surface area (Å²) in [6.45, 7) is 0.132. The number of ether oxygens (including phenoxy) is 1. The zero-order valence-corrected chi connectivity index (χ0v) is 10.2. The molecule has 0 amide bonds. The zero-order valence-electron chi connectivity index (χ0n) is 10.2. The Hall–Kier alpha value is -3.02. The highest BCUT2D eigenvalue weighted by Crippen LogP contribution is 2.32. The van der Waals surface area contributed by atoms with Gasteiger partial charge in [-0.3, -0.25) is 9.59 Å². The van der Waals surface area contributed by atoms with Crippen LogP contribution in [0.2, 0.25) is 0 Å². The summed E-state index contributed by atoms with van der Waals surface area (Å²) in [4.78, 5) is 22.8. The third-order valence-electron chi connectivity index (χ3n) is 2.70. The molecule has 102 valence electrons. The summed E-state index contributed by atoms with van der Waals surface area (Å²) in [5.41, 5.74) is 5.49. The summed E-state index contributed by atoms with van der Waals surface area (Å²) in [7, 11) is 0. The average Bonchev–Trinajstić information content (AvgIpc) is 2.43. The van der Waals surface area contributed by atoms with Crippen LogP contribution in [0, 0.1) is 0 Å². The first kappa shape index (κ1) is 13.4. The quantitative estimate of drug-likeness (QED) is 0.336. The van der Waals surface area contributed by atoms with E-state index in [0.717, 1.165) is 6.07 Å². The van der Waals surface area contributed by atoms with Crippen LogP contribution in [0.4, 0.5) is 5.69 Å². The molecule has 0 aromatic heterocycles. The SMILES string of the molecule is Nc1cc(C(=O)c2ccccc2O)c(OC=O)cc1O. The van der Waals surface area contributed by atoms with E-state index < -0.39 is 5.78 Å². The van der Waals surface area contributed by atoms with Gasteiger partial charge in [-0.05, 0) is 18.2 Å². The molecule has 2 rings (SSSR count). The Bertz CT molecular complexity index is 681. The van der Waals surface area contributed by atoms with Crippen LogP contribution >= 0.6 is 0 Å². The van der Waals surface area contributed by atoms with Gasteiger partial charge in [0.05, 0.1) is 16.8 Å². The highest BCUT2D eigenvalue weighted by molar-refractivity contribution is 6.13. The van der Waals surface area contributed by atoms with Crippen LogP contribution in [0.3, 0.4) is 0 Å². The maximum absolute atomic E-state index is 12.3. The fourth-order valence-electron chi connectivity index (χ4n) is 1.72. The zero-order chi connectivity index (χ0) is 14.7. The van der Waals surface area contributed by atoms with E-state index >= 15 is 0 Å². The topological polar surface area (TPSA) is 110 Å². The summed E-state index contributed by atoms with van der Waals surface area (Å²) in [5.74, 6) is -1.23. The minimum absolute atomic E-state index is 0.0334. The second kappa shape index (κ2) is 5.31. The summed E-state index contributed by atoms with van der Waals surface area (Å²) < 4.78 is 4.66. The molecular formula is C14H11NO5. The Balaban J connectivity index is 2.57. The van der Waals surface area contributed by atoms with Crippen LogP contribution in [-0.2, 0) is 4.79 Å². The number of carbonyl (C=O) groups is 2. The van der Waals surface area contributed by atoms with Gasteiger partial charge in [-0.25, -0.2) is 0 Å². The number of benzene rings is 2. The lowest BCUT2D eigenvalue weighted by atomic mass is 10.0. The Kier molecular flexibility index (Phi) is 3.56. The maximum Gasteiger partial charge on any atom is 0.298 e. The smallest absolute Gasteiger partial charge is 0.298 e. The molecule has 0 atom stereocenters. The maximum atomic E-state index is 12.3. The summed E-state index contributed by atoms with van der Waals surface area (Å²) in [6.07, 6.45) is 0. The minimum atomic E-state index is -0.577. The van der Waals surface area contributed by atoms with E-state index in [2.05, 4.69) is 4.74 Å². The van der Waals surface area contributed by atoms with Crippen LogP contribution < -0.4 is 10.5 Å². The van der Waals surface area contributed by atoms with Gasteiger partial charge in [0.15, 0.2) is 0 Å². The van der Waals surface area contributed by atoms with E-state index in [1.54, 1.807) is 12.1 Å². The molecule has 0 aliphatic heterocycles. The molecule has 0 heterocycles. The van der Waals surface area contributed by atoms with Crippen LogP contribution in [0.25, 0.3) is 0 Å². The molecule has 2 aromatic rings. The van der Waals surface area contributed by atoms with Crippen molar-refractivity contribution in [3.8, 4) is 17.2 Å². The van der Waals surface area contributed by atoms with Crippen molar-refractivity contribution in [3.05, 3.63) is 47.5 Å². The molecular weight excluding hydrogens is 262 g/mol. The Labute approximate surface area is 114 Å². The average molecular weight is 273 g/mol. The number of carbonyl (C=O) groups excluding carboxylic acids is 2. The number of nitrogens with two attached hydrogens (primary N) is 1. The molecule has 0 saturated carbocycles. The number of aromatic hydroxyl groups is 2. The molecule has 2 aromatic carbocycles. The molecule has 0 spiro atoms. The van der Waals surface area contributed by atoms with E-state index in [9.17, 15) is 19.8 Å². The molecule has 0 aliphatic carbocycles. The van der Waals surface area contributed by atoms with Gasteiger partial charge in [0.25, 0.3) is 6.47 Å². The van der Waals surface area contributed by atoms with Gasteiger partial charge in [0.1, 0.15) is 17.2 Å². The predicted molar refractivity (Wildman–Crippen MR) is 70.8 cm³/mol. The highest BCUT2D eigenvalue weighted by atomic mass is 16.5. The first-order valence-corrected chi connectivity index (χ1v) is 5.60. The Morgan fingerprint density at radius 2 is 1.80 bits per heavy atom. The molecule has 6 nitrogen and oxygen atoms in total. The number of phenolic OH excluding ortho intramolecular Hbond substituents is 2. The fourth-order valence-corrected chi connectivity index (χ4v) is 1.72. The van der Waals surface area contributed by atoms with Gasteiger partial charge >= 0.3 is 0 Å². The Morgan fingerprint density at radius 1 is 1.10 bits per heavy atom. The molecule has 4 N–H and O–H groups in total. The normalized spacial score (nSPS) is 10.0. The molecule has 0 aliphatic rings. The van der Waals surface area contributed by atoms with E-state index in [-0.39, 0.29) is 40.5 Å². The number of para-hydroxylation sites is 1. The number of anilines is 1. The largest absolute Gasteiger partial charge is 0.507 e. The van der Waals surface area contributed by atoms with Crippen molar-refractivity contribution in [2.75, 3.05) is 5.73 Å². The van der Waals surface area contributed by atoms with Crippen LogP contribution in [0.5, 0.6) is 17.2 Å². The van der Waals surface area contributed by atoms with E-state index in [0.29, 0.717) is 0 Å². The summed E-state index contributed by atoms with van der Waals surface area (Å²) >= 11 is 0. The Morgan fingerprint density at radius 3 is 2.45 bits per heavy atom. The van der Waals surface area contributed by atoms with Gasteiger partial charge in [-0.2, -0.15) is 0 Å². The number of rotatable bonds is 4. The molecule has 20 heavy (non-hydrogen) atoms. The van der Waals surface area contributed by atoms with Gasteiger partial charge in [0, 0.05) is 6.07 Å². The molecule has 6 heteroatoms. The lowest BCUT2D eigenvalue weighted by Gasteiger charge is -2.10. The van der Waals surface area contributed by atoms with Crippen molar-refractivity contribution in [2.24, 2.45) is 0 Å². The summed E-state index contributed by atoms with van der Waals surface area (Å²) in [5, 5.41) is 19.2. The van der Waals surface area contributed by atoms with Crippen LogP contribution in [0.1, 0.15) is 15.9 Å². The number of phenols is 2. The molecule has 0 unspecified atom stereocenters. The van der Waals surface area contributed by atoms with E-state index in [1.165, 1.54) is 18.2 Å². The van der Waals surface area contributed by atoms with Crippen molar-refractivity contribution in [1.29, 1.82) is 0 Å². The molecule has 0 fully saturated rings. The fraction of sp³-hybridized carbons (Fsp3) is 0. The van der Waals surface area contributed by atoms with Crippen molar-refractivity contribution >= 4 is 17.9 Å². The standard InChI is InChI=1S/C14H11NO5/c15-10-5-9(13(20-7-16)6-12(10)18)14(19)8-3-1-2-4-11(8)17/h1-7,17-18H,15H2. The van der Waals surface area contributed by atoms with Gasteiger partial charge in [-0.15, -0.1) is 0 Å². The predicted octanol–water partition coefficient (Wildman–Crippen LogP) is 1.45. The van der Waals surface area contributed by atoms with E-state index in [1.807, 2.05) is 0 Å². The number of hydrogen-bond acceptors (Lipinski definition) is 6. The summed E-state index contributed by atoms with van der Waals surface area (Å²) in [6, 6.07) is 8.18. The van der Waals surface area contributed by atoms with Crippen molar-refractivity contribution < 1.29 is 24.5 Å². The van der Waals surface area contributed by atoms with Gasteiger partial charge in [0.2, 0.25) is 5.78 Å². The third-order valence-corrected chi connectivity index (χ3v) is 2.70. The molecule has 0 radical (unpaired) electrons. The van der Waals surface area contributed by atoms with Crippen molar-refractivity contribution in [3.63, 3.8) is 0 Å².